The van der Waals surface area contributed by atoms with Crippen LogP contribution in [0.15, 0.2) is 90.0 Å². The molecule has 0 spiro atoms. The second-order valence-corrected chi connectivity index (χ2v) is 10.7. The summed E-state index contributed by atoms with van der Waals surface area (Å²) < 4.78 is 0. The summed E-state index contributed by atoms with van der Waals surface area (Å²) in [6.45, 7) is 2.54. The van der Waals surface area contributed by atoms with Crippen molar-refractivity contribution in [3.63, 3.8) is 0 Å². The molecule has 3 aromatic rings. The van der Waals surface area contributed by atoms with E-state index in [0.29, 0.717) is 21.6 Å². The van der Waals surface area contributed by atoms with Gasteiger partial charge in [0.2, 0.25) is 5.91 Å². The molecule has 238 valence electrons. The van der Waals surface area contributed by atoms with E-state index in [1.807, 2.05) is 0 Å². The quantitative estimate of drug-likeness (QED) is 0.144. The average molecular weight is 629 g/mol. The third kappa shape index (κ3) is 6.66. The number of carboxylic acid groups (broad SMARTS) is 1. The summed E-state index contributed by atoms with van der Waals surface area (Å²) in [5, 5.41) is 12.8. The third-order valence-electron chi connectivity index (χ3n) is 7.54. The summed E-state index contributed by atoms with van der Waals surface area (Å²) in [7, 11) is 0. The summed E-state index contributed by atoms with van der Waals surface area (Å²) >= 11 is 0. The fourth-order valence-corrected chi connectivity index (χ4v) is 5.12. The summed E-state index contributed by atoms with van der Waals surface area (Å²) in [4.78, 5) is 86.6. The second-order valence-electron chi connectivity index (χ2n) is 10.7. The number of carbonyl (C=O) groups is 6. The van der Waals surface area contributed by atoms with Gasteiger partial charge in [-0.1, -0.05) is 77.9 Å². The van der Waals surface area contributed by atoms with Crippen LogP contribution in [-0.4, -0.2) is 62.7 Å². The first-order valence-electron chi connectivity index (χ1n) is 14.1. The number of hydrogen-bond donors (Lipinski definition) is 3. The first-order valence-corrected chi connectivity index (χ1v) is 14.1. The number of nitrogens with zero attached hydrogens (tertiary/aromatic N) is 4. The molecule has 0 bridgehead atoms. The van der Waals surface area contributed by atoms with E-state index in [2.05, 4.69) is 5.11 Å². The van der Waals surface area contributed by atoms with Gasteiger partial charge in [-0.05, 0) is 42.7 Å². The minimum atomic E-state index is -2.03. The van der Waals surface area contributed by atoms with Gasteiger partial charge in [0.25, 0.3) is 5.91 Å². The van der Waals surface area contributed by atoms with Crippen LogP contribution in [0, 0.1) is 5.53 Å². The van der Waals surface area contributed by atoms with Crippen molar-refractivity contribution in [3.8, 4) is 0 Å². The Balaban J connectivity index is 1.73. The average Bonchev–Trinajstić information content (AvgIpc) is 3.21. The minimum Gasteiger partial charge on any atom is -0.481 e. The Bertz CT molecular complexity index is 1650. The maximum absolute atomic E-state index is 14.1. The summed E-state index contributed by atoms with van der Waals surface area (Å²) in [6.07, 6.45) is -0.799. The minimum absolute atomic E-state index is 0.0274. The Morgan fingerprint density at radius 3 is 2.09 bits per heavy atom. The molecule has 1 aliphatic rings. The van der Waals surface area contributed by atoms with Crippen LogP contribution in [0.4, 0.5) is 10.5 Å². The lowest BCUT2D eigenvalue weighted by atomic mass is 9.89. The number of imide groups is 1. The van der Waals surface area contributed by atoms with E-state index in [0.717, 1.165) is 6.92 Å². The zero-order valence-corrected chi connectivity index (χ0v) is 25.0. The number of urea groups is 1. The molecule has 3 aromatic carbocycles. The second kappa shape index (κ2) is 13.9. The van der Waals surface area contributed by atoms with Crippen LogP contribution in [0.5, 0.6) is 0 Å². The summed E-state index contributed by atoms with van der Waals surface area (Å²) in [6, 6.07) is 18.1. The first-order chi connectivity index (χ1) is 21.9. The van der Waals surface area contributed by atoms with E-state index < -0.39 is 59.6 Å². The molecule has 0 aliphatic carbocycles. The Morgan fingerprint density at radius 2 is 1.54 bits per heavy atom. The van der Waals surface area contributed by atoms with E-state index in [-0.39, 0.29) is 23.8 Å². The molecular formula is C32H32N6O8. The normalized spacial score (nSPS) is 17.3. The topological polar surface area (TPSA) is 204 Å². The largest absolute Gasteiger partial charge is 0.481 e. The van der Waals surface area contributed by atoms with Crippen molar-refractivity contribution in [2.24, 2.45) is 10.8 Å². The van der Waals surface area contributed by atoms with E-state index in [1.54, 1.807) is 60.7 Å². The number of carboxylic acids is 1. The number of rotatable bonds is 13. The first kappa shape index (κ1) is 33.1. The van der Waals surface area contributed by atoms with Crippen LogP contribution < -0.4 is 10.6 Å². The van der Waals surface area contributed by atoms with Crippen LogP contribution in [0.1, 0.15) is 37.0 Å². The van der Waals surface area contributed by atoms with Gasteiger partial charge in [-0.3, -0.25) is 29.0 Å². The van der Waals surface area contributed by atoms with Crippen molar-refractivity contribution < 1.29 is 38.7 Å². The van der Waals surface area contributed by atoms with Gasteiger partial charge in [0.15, 0.2) is 11.8 Å². The van der Waals surface area contributed by atoms with Crippen molar-refractivity contribution in [2.75, 3.05) is 4.90 Å². The SMILES string of the molecule is CC(=O)[C@@H](C(=O)ON1C(=O)N(Cc2ccccc2)[C@](C)(c2ccc(CN=N)cc2)C1=O)N(C(=O)[C@@H](N)CC(=O)O)c1ccccc1. The zero-order valence-electron chi connectivity index (χ0n) is 25.0. The fourth-order valence-electron chi connectivity index (χ4n) is 5.12. The van der Waals surface area contributed by atoms with Crippen LogP contribution in [-0.2, 0) is 47.4 Å². The van der Waals surface area contributed by atoms with Gasteiger partial charge in [0.1, 0.15) is 5.54 Å². The maximum atomic E-state index is 14.1. The zero-order chi connectivity index (χ0) is 33.6. The number of amides is 4. The fraction of sp³-hybridized carbons (Fsp3) is 0.250. The van der Waals surface area contributed by atoms with Crippen LogP contribution in [0.25, 0.3) is 0 Å². The highest BCUT2D eigenvalue weighted by atomic mass is 16.7. The van der Waals surface area contributed by atoms with Crippen molar-refractivity contribution >= 4 is 41.3 Å². The maximum Gasteiger partial charge on any atom is 0.363 e. The highest BCUT2D eigenvalue weighted by Crippen LogP contribution is 2.39. The van der Waals surface area contributed by atoms with Crippen molar-refractivity contribution in [3.05, 3.63) is 102 Å². The number of hydroxylamine groups is 2. The predicted molar refractivity (Wildman–Crippen MR) is 162 cm³/mol. The molecule has 0 unspecified atom stereocenters. The van der Waals surface area contributed by atoms with Crippen molar-refractivity contribution in [1.29, 1.82) is 5.53 Å². The number of aliphatic carboxylic acids is 1. The Labute approximate surface area is 263 Å². The molecule has 0 saturated carbocycles. The van der Waals surface area contributed by atoms with E-state index in [4.69, 9.17) is 16.1 Å². The lowest BCUT2D eigenvalue weighted by Gasteiger charge is -2.32. The summed E-state index contributed by atoms with van der Waals surface area (Å²) in [5.41, 5.74) is 13.0. The summed E-state index contributed by atoms with van der Waals surface area (Å²) in [5.74, 6) is -5.74. The molecule has 14 heteroatoms. The molecular weight excluding hydrogens is 596 g/mol. The monoisotopic (exact) mass is 628 g/mol. The molecule has 14 nitrogen and oxygen atoms in total. The number of hydrogen-bond acceptors (Lipinski definition) is 10. The van der Waals surface area contributed by atoms with Gasteiger partial charge in [0, 0.05) is 12.2 Å². The Kier molecular flexibility index (Phi) is 10.0. The van der Waals surface area contributed by atoms with Crippen LogP contribution in [0.3, 0.4) is 0 Å². The molecule has 1 saturated heterocycles. The smallest absolute Gasteiger partial charge is 0.363 e. The molecule has 46 heavy (non-hydrogen) atoms. The van der Waals surface area contributed by atoms with Crippen molar-refractivity contribution in [2.45, 2.75) is 51.0 Å². The highest BCUT2D eigenvalue weighted by molar-refractivity contribution is 6.15. The van der Waals surface area contributed by atoms with E-state index in [1.165, 1.54) is 36.1 Å². The lowest BCUT2D eigenvalue weighted by molar-refractivity contribution is -0.186. The molecule has 1 aliphatic heterocycles. The molecule has 3 atom stereocenters. The number of benzene rings is 3. The molecule has 1 fully saturated rings. The Morgan fingerprint density at radius 1 is 0.957 bits per heavy atom. The van der Waals surface area contributed by atoms with Gasteiger partial charge >= 0.3 is 18.0 Å². The van der Waals surface area contributed by atoms with Gasteiger partial charge in [0.05, 0.1) is 19.0 Å². The van der Waals surface area contributed by atoms with Gasteiger partial charge in [-0.15, -0.1) is 0 Å². The van der Waals surface area contributed by atoms with E-state index in [9.17, 15) is 33.9 Å². The number of anilines is 1. The standard InChI is InChI=1S/C32H32N6O8/c1-20(39)27(37(24-11-7-4-8-12-24)28(42)25(33)17-26(40)41)29(43)46-38-30(44)32(2,23-15-13-21(14-16-23)18-35-34)36(31(38)45)19-22-9-5-3-6-10-22/h3-16,25,27,34H,17-19,33H2,1-2H3,(H,40,41)/t25-,27-,32+/m0/s1. The van der Waals surface area contributed by atoms with Gasteiger partial charge in [-0.2, -0.15) is 5.11 Å². The predicted octanol–water partition coefficient (Wildman–Crippen LogP) is 3.15. The molecule has 1 heterocycles. The van der Waals surface area contributed by atoms with Gasteiger partial charge < -0.3 is 15.7 Å². The molecule has 4 amide bonds. The molecule has 4 N–H and O–H groups in total. The van der Waals surface area contributed by atoms with Crippen molar-refractivity contribution in [1.82, 2.24) is 9.96 Å². The highest BCUT2D eigenvalue weighted by Gasteiger charge is 2.58. The third-order valence-corrected chi connectivity index (χ3v) is 7.54. The number of nitrogens with two attached hydrogens (primary N) is 1. The van der Waals surface area contributed by atoms with Crippen LogP contribution >= 0.6 is 0 Å². The number of ketones is 1. The number of Topliss-reactive ketones (excluding diaryl/α,β-unsaturated/α-hetero) is 1. The van der Waals surface area contributed by atoms with E-state index >= 15 is 0 Å². The van der Waals surface area contributed by atoms with Gasteiger partial charge in [-0.25, -0.2) is 15.1 Å². The lowest BCUT2D eigenvalue weighted by Crippen LogP contribution is -2.56. The Hall–Kier alpha value is -5.76. The molecule has 0 aromatic heterocycles. The number of nitrogens with one attached hydrogen (secondary N) is 1. The molecule has 0 radical (unpaired) electrons. The van der Waals surface area contributed by atoms with Crippen LogP contribution in [0.2, 0.25) is 0 Å². The number of carbonyl (C=O) groups excluding carboxylic acids is 5. The molecule has 4 rings (SSSR count). The number of para-hydroxylation sites is 1.